The maximum atomic E-state index is 12.1. The second-order valence-corrected chi connectivity index (χ2v) is 7.15. The summed E-state index contributed by atoms with van der Waals surface area (Å²) < 4.78 is 24.4. The molecule has 1 N–H and O–H groups in total. The topological polar surface area (TPSA) is 66.5 Å². The molecule has 2 rings (SSSR count). The number of carbonyl (C=O) groups excluding carboxylic acids is 1. The van der Waals surface area contributed by atoms with Gasteiger partial charge in [-0.15, -0.1) is 0 Å². The third-order valence-corrected chi connectivity index (χ3v) is 4.80. The predicted octanol–water partition coefficient (Wildman–Crippen LogP) is 0.974. The molecule has 1 heterocycles. The van der Waals surface area contributed by atoms with E-state index in [1.54, 1.807) is 0 Å². The number of piperidine rings is 1. The summed E-state index contributed by atoms with van der Waals surface area (Å²) >= 11 is 0. The first kappa shape index (κ1) is 15.0. The fourth-order valence-corrected chi connectivity index (χ4v) is 3.30. The van der Waals surface area contributed by atoms with Gasteiger partial charge in [-0.3, -0.25) is 4.79 Å². The molecule has 20 heavy (non-hydrogen) atoms. The summed E-state index contributed by atoms with van der Waals surface area (Å²) in [6.07, 6.45) is 2.67. The van der Waals surface area contributed by atoms with Crippen LogP contribution in [0.25, 0.3) is 0 Å². The van der Waals surface area contributed by atoms with E-state index in [9.17, 15) is 13.2 Å². The van der Waals surface area contributed by atoms with Crippen LogP contribution >= 0.6 is 0 Å². The van der Waals surface area contributed by atoms with Crippen molar-refractivity contribution >= 4 is 15.9 Å². The molecule has 0 unspecified atom stereocenters. The van der Waals surface area contributed by atoms with Gasteiger partial charge in [-0.25, -0.2) is 12.7 Å². The van der Waals surface area contributed by atoms with E-state index in [0.29, 0.717) is 19.6 Å². The van der Waals surface area contributed by atoms with Crippen LogP contribution in [-0.4, -0.2) is 38.0 Å². The highest BCUT2D eigenvalue weighted by atomic mass is 32.2. The third kappa shape index (κ3) is 4.05. The average molecular weight is 296 g/mol. The number of benzene rings is 1. The van der Waals surface area contributed by atoms with Gasteiger partial charge in [0.2, 0.25) is 15.9 Å². The van der Waals surface area contributed by atoms with Crippen molar-refractivity contribution in [2.24, 2.45) is 5.92 Å². The molecule has 1 aromatic carbocycles. The number of nitrogens with one attached hydrogen (secondary N) is 1. The minimum Gasteiger partial charge on any atom is -0.352 e. The number of nitrogens with zero attached hydrogens (tertiary/aromatic N) is 1. The zero-order chi connectivity index (χ0) is 14.6. The quantitative estimate of drug-likeness (QED) is 0.900. The first-order chi connectivity index (χ1) is 9.47. The molecule has 1 amide bonds. The van der Waals surface area contributed by atoms with Gasteiger partial charge in [-0.2, -0.15) is 0 Å². The molecule has 0 aromatic heterocycles. The molecule has 0 spiro atoms. The van der Waals surface area contributed by atoms with Gasteiger partial charge < -0.3 is 5.32 Å². The van der Waals surface area contributed by atoms with E-state index in [4.69, 9.17) is 0 Å². The van der Waals surface area contributed by atoms with E-state index in [2.05, 4.69) is 5.32 Å². The van der Waals surface area contributed by atoms with Crippen LogP contribution in [0.3, 0.4) is 0 Å². The van der Waals surface area contributed by atoms with Crippen molar-refractivity contribution in [2.45, 2.75) is 19.4 Å². The molecule has 0 saturated carbocycles. The Morgan fingerprint density at radius 2 is 2.05 bits per heavy atom. The molecule has 1 aliphatic rings. The molecule has 1 fully saturated rings. The monoisotopic (exact) mass is 296 g/mol. The maximum Gasteiger partial charge on any atom is 0.224 e. The van der Waals surface area contributed by atoms with Gasteiger partial charge in [-0.1, -0.05) is 30.3 Å². The van der Waals surface area contributed by atoms with Crippen LogP contribution in [0.2, 0.25) is 0 Å². The van der Waals surface area contributed by atoms with E-state index < -0.39 is 10.0 Å². The van der Waals surface area contributed by atoms with Crippen molar-refractivity contribution in [3.8, 4) is 0 Å². The number of sulfonamides is 1. The SMILES string of the molecule is CS(=O)(=O)N1CCC[C@H](C(=O)NCc2ccccc2)C1. The lowest BCUT2D eigenvalue weighted by atomic mass is 9.99. The van der Waals surface area contributed by atoms with Crippen LogP contribution in [0.15, 0.2) is 30.3 Å². The van der Waals surface area contributed by atoms with Crippen molar-refractivity contribution in [3.05, 3.63) is 35.9 Å². The van der Waals surface area contributed by atoms with E-state index in [1.165, 1.54) is 10.6 Å². The van der Waals surface area contributed by atoms with Gasteiger partial charge in [-0.05, 0) is 18.4 Å². The second kappa shape index (κ2) is 6.37. The molecule has 5 nitrogen and oxygen atoms in total. The van der Waals surface area contributed by atoms with Gasteiger partial charge in [0.25, 0.3) is 0 Å². The van der Waals surface area contributed by atoms with Gasteiger partial charge in [0.1, 0.15) is 0 Å². The van der Waals surface area contributed by atoms with E-state index >= 15 is 0 Å². The first-order valence-corrected chi connectivity index (χ1v) is 8.58. The van der Waals surface area contributed by atoms with Gasteiger partial charge in [0.05, 0.1) is 12.2 Å². The van der Waals surface area contributed by atoms with Crippen LogP contribution in [0.4, 0.5) is 0 Å². The van der Waals surface area contributed by atoms with Crippen LogP contribution in [0.5, 0.6) is 0 Å². The van der Waals surface area contributed by atoms with Gasteiger partial charge in [0.15, 0.2) is 0 Å². The molecule has 0 bridgehead atoms. The molecule has 1 saturated heterocycles. The summed E-state index contributed by atoms with van der Waals surface area (Å²) in [7, 11) is -3.21. The van der Waals surface area contributed by atoms with Crippen LogP contribution in [0.1, 0.15) is 18.4 Å². The van der Waals surface area contributed by atoms with E-state index in [1.807, 2.05) is 30.3 Å². The number of carbonyl (C=O) groups is 1. The molecule has 110 valence electrons. The Balaban J connectivity index is 1.89. The molecular weight excluding hydrogens is 276 g/mol. The van der Waals surface area contributed by atoms with Crippen LogP contribution in [0, 0.1) is 5.92 Å². The van der Waals surface area contributed by atoms with Crippen molar-refractivity contribution in [2.75, 3.05) is 19.3 Å². The Labute approximate surface area is 120 Å². The minimum absolute atomic E-state index is 0.0674. The number of hydrogen-bond acceptors (Lipinski definition) is 3. The second-order valence-electron chi connectivity index (χ2n) is 5.16. The highest BCUT2D eigenvalue weighted by molar-refractivity contribution is 7.88. The summed E-state index contributed by atoms with van der Waals surface area (Å²) in [6, 6.07) is 9.67. The Morgan fingerprint density at radius 3 is 2.70 bits per heavy atom. The molecule has 0 aliphatic carbocycles. The standard InChI is InChI=1S/C14H20N2O3S/c1-20(18,19)16-9-5-8-13(11-16)14(17)15-10-12-6-3-2-4-7-12/h2-4,6-7,13H,5,8-11H2,1H3,(H,15,17)/t13-/m0/s1. The molecular formula is C14H20N2O3S. The largest absolute Gasteiger partial charge is 0.352 e. The fraction of sp³-hybridized carbons (Fsp3) is 0.500. The Kier molecular flexibility index (Phi) is 4.77. The lowest BCUT2D eigenvalue weighted by Gasteiger charge is -2.30. The molecule has 1 aromatic rings. The summed E-state index contributed by atoms with van der Waals surface area (Å²) in [5.74, 6) is -0.315. The third-order valence-electron chi connectivity index (χ3n) is 3.53. The van der Waals surface area contributed by atoms with Crippen LogP contribution in [-0.2, 0) is 21.4 Å². The average Bonchev–Trinajstić information content (AvgIpc) is 2.45. The minimum atomic E-state index is -3.21. The summed E-state index contributed by atoms with van der Waals surface area (Å²) in [5.41, 5.74) is 1.04. The lowest BCUT2D eigenvalue weighted by Crippen LogP contribution is -2.44. The van der Waals surface area contributed by atoms with E-state index in [0.717, 1.165) is 18.4 Å². The zero-order valence-corrected chi connectivity index (χ0v) is 12.4. The highest BCUT2D eigenvalue weighted by Gasteiger charge is 2.29. The fourth-order valence-electron chi connectivity index (χ4n) is 2.39. The zero-order valence-electron chi connectivity index (χ0n) is 11.6. The molecule has 0 radical (unpaired) electrons. The number of amides is 1. The summed E-state index contributed by atoms with van der Waals surface area (Å²) in [6.45, 7) is 1.29. The summed E-state index contributed by atoms with van der Waals surface area (Å²) in [4.78, 5) is 12.1. The Morgan fingerprint density at radius 1 is 1.35 bits per heavy atom. The van der Waals surface area contributed by atoms with Gasteiger partial charge >= 0.3 is 0 Å². The van der Waals surface area contributed by atoms with Crippen LogP contribution < -0.4 is 5.32 Å². The van der Waals surface area contributed by atoms with Crippen molar-refractivity contribution in [1.82, 2.24) is 9.62 Å². The normalized spacial score (nSPS) is 20.6. The lowest BCUT2D eigenvalue weighted by molar-refractivity contribution is -0.126. The summed E-state index contributed by atoms with van der Waals surface area (Å²) in [5, 5.41) is 2.88. The Bertz CT molecular complexity index is 557. The maximum absolute atomic E-state index is 12.1. The van der Waals surface area contributed by atoms with Crippen molar-refractivity contribution in [1.29, 1.82) is 0 Å². The molecule has 1 atom stereocenters. The van der Waals surface area contributed by atoms with Crippen molar-refractivity contribution in [3.63, 3.8) is 0 Å². The number of rotatable bonds is 4. The van der Waals surface area contributed by atoms with Gasteiger partial charge in [0, 0.05) is 19.6 Å². The highest BCUT2D eigenvalue weighted by Crippen LogP contribution is 2.18. The van der Waals surface area contributed by atoms with E-state index in [-0.39, 0.29) is 11.8 Å². The Hall–Kier alpha value is -1.40. The molecule has 1 aliphatic heterocycles. The smallest absolute Gasteiger partial charge is 0.224 e. The first-order valence-electron chi connectivity index (χ1n) is 6.73. The predicted molar refractivity (Wildman–Crippen MR) is 77.4 cm³/mol. The molecule has 6 heteroatoms. The van der Waals surface area contributed by atoms with Crippen molar-refractivity contribution < 1.29 is 13.2 Å². The number of hydrogen-bond donors (Lipinski definition) is 1.